The third-order valence-electron chi connectivity index (χ3n) is 3.01. The Labute approximate surface area is 116 Å². The van der Waals surface area contributed by atoms with Crippen molar-refractivity contribution in [3.63, 3.8) is 0 Å². The van der Waals surface area contributed by atoms with Crippen LogP contribution in [0.1, 0.15) is 51.2 Å². The number of aryl methyl sites for hydroxylation is 1. The zero-order valence-electron chi connectivity index (χ0n) is 12.6. The van der Waals surface area contributed by atoms with E-state index in [0.717, 1.165) is 23.3 Å². The van der Waals surface area contributed by atoms with Crippen LogP contribution in [0, 0.1) is 6.92 Å². The van der Waals surface area contributed by atoms with Crippen molar-refractivity contribution in [1.82, 2.24) is 5.32 Å². The van der Waals surface area contributed by atoms with Crippen molar-refractivity contribution >= 4 is 5.91 Å². The average molecular weight is 263 g/mol. The summed E-state index contributed by atoms with van der Waals surface area (Å²) in [6.07, 6.45) is 0.464. The van der Waals surface area contributed by atoms with E-state index in [2.05, 4.69) is 31.3 Å². The summed E-state index contributed by atoms with van der Waals surface area (Å²) in [5.74, 6) is 1.13. The van der Waals surface area contributed by atoms with E-state index < -0.39 is 6.10 Å². The zero-order valence-corrected chi connectivity index (χ0v) is 12.6. The summed E-state index contributed by atoms with van der Waals surface area (Å²) in [7, 11) is 0. The van der Waals surface area contributed by atoms with Crippen LogP contribution in [0.5, 0.6) is 5.75 Å². The van der Waals surface area contributed by atoms with E-state index >= 15 is 0 Å². The van der Waals surface area contributed by atoms with E-state index in [1.165, 1.54) is 0 Å². The third kappa shape index (κ3) is 4.58. The van der Waals surface area contributed by atoms with Crippen molar-refractivity contribution in [2.75, 3.05) is 6.54 Å². The van der Waals surface area contributed by atoms with E-state index in [0.29, 0.717) is 12.5 Å². The minimum absolute atomic E-state index is 0.0573. The number of nitrogens with one attached hydrogen (secondary N) is 1. The van der Waals surface area contributed by atoms with Crippen molar-refractivity contribution in [2.45, 2.75) is 53.1 Å². The Balaban J connectivity index is 2.80. The van der Waals surface area contributed by atoms with Crippen molar-refractivity contribution in [3.05, 3.63) is 29.3 Å². The number of carbonyl (C=O) groups excluding carboxylic acids is 1. The molecule has 0 aliphatic heterocycles. The highest BCUT2D eigenvalue weighted by Gasteiger charge is 2.16. The van der Waals surface area contributed by atoms with Crippen LogP contribution in [0.2, 0.25) is 0 Å². The van der Waals surface area contributed by atoms with Gasteiger partial charge in [0.05, 0.1) is 0 Å². The molecule has 0 saturated heterocycles. The van der Waals surface area contributed by atoms with Crippen LogP contribution in [-0.4, -0.2) is 18.6 Å². The maximum absolute atomic E-state index is 11.8. The summed E-state index contributed by atoms with van der Waals surface area (Å²) in [4.78, 5) is 11.8. The second-order valence-electron chi connectivity index (χ2n) is 5.25. The van der Waals surface area contributed by atoms with E-state index in [1.807, 2.05) is 19.9 Å². The highest BCUT2D eigenvalue weighted by atomic mass is 16.5. The van der Waals surface area contributed by atoms with Gasteiger partial charge in [-0.1, -0.05) is 32.9 Å². The predicted molar refractivity (Wildman–Crippen MR) is 78.7 cm³/mol. The highest BCUT2D eigenvalue weighted by molar-refractivity contribution is 5.80. The van der Waals surface area contributed by atoms with E-state index in [1.54, 1.807) is 6.92 Å². The van der Waals surface area contributed by atoms with Crippen molar-refractivity contribution in [1.29, 1.82) is 0 Å². The van der Waals surface area contributed by atoms with Crippen LogP contribution in [-0.2, 0) is 4.79 Å². The van der Waals surface area contributed by atoms with Crippen molar-refractivity contribution in [2.24, 2.45) is 0 Å². The molecule has 0 radical (unpaired) electrons. The number of hydrogen-bond acceptors (Lipinski definition) is 2. The molecule has 0 unspecified atom stereocenters. The maximum Gasteiger partial charge on any atom is 0.260 e. The fourth-order valence-electron chi connectivity index (χ4n) is 1.86. The zero-order chi connectivity index (χ0) is 14.4. The molecule has 0 fully saturated rings. The Hall–Kier alpha value is -1.51. The average Bonchev–Trinajstić information content (AvgIpc) is 2.35. The number of benzene rings is 1. The number of carbonyl (C=O) groups is 1. The quantitative estimate of drug-likeness (QED) is 0.854. The SMILES string of the molecule is CCCNC(=O)[C@H](C)Oc1cc(C)ccc1C(C)C. The van der Waals surface area contributed by atoms with Crippen LogP contribution in [0.25, 0.3) is 0 Å². The molecular weight excluding hydrogens is 238 g/mol. The Bertz CT molecular complexity index is 427. The molecule has 0 aliphatic rings. The molecule has 1 aromatic rings. The Kier molecular flexibility index (Phi) is 5.87. The predicted octanol–water partition coefficient (Wildman–Crippen LogP) is 3.41. The van der Waals surface area contributed by atoms with Gasteiger partial charge in [0.25, 0.3) is 5.91 Å². The monoisotopic (exact) mass is 263 g/mol. The van der Waals surface area contributed by atoms with E-state index in [9.17, 15) is 4.79 Å². The van der Waals surface area contributed by atoms with Gasteiger partial charge < -0.3 is 10.1 Å². The van der Waals surface area contributed by atoms with Crippen LogP contribution in [0.4, 0.5) is 0 Å². The molecule has 1 N–H and O–H groups in total. The molecule has 0 saturated carbocycles. The summed E-state index contributed by atoms with van der Waals surface area (Å²) >= 11 is 0. The van der Waals surface area contributed by atoms with Crippen LogP contribution in [0.15, 0.2) is 18.2 Å². The van der Waals surface area contributed by atoms with Crippen LogP contribution >= 0.6 is 0 Å². The first-order valence-corrected chi connectivity index (χ1v) is 7.00. The molecule has 0 aromatic heterocycles. The minimum Gasteiger partial charge on any atom is -0.481 e. The number of amides is 1. The fraction of sp³-hybridized carbons (Fsp3) is 0.562. The minimum atomic E-state index is -0.467. The normalized spacial score (nSPS) is 12.3. The Morgan fingerprint density at radius 3 is 2.58 bits per heavy atom. The van der Waals surface area contributed by atoms with Gasteiger partial charge in [-0.25, -0.2) is 0 Å². The largest absolute Gasteiger partial charge is 0.481 e. The first kappa shape index (κ1) is 15.5. The number of ether oxygens (including phenoxy) is 1. The lowest BCUT2D eigenvalue weighted by Gasteiger charge is -2.19. The van der Waals surface area contributed by atoms with Crippen LogP contribution in [0.3, 0.4) is 0 Å². The molecule has 0 spiro atoms. The van der Waals surface area contributed by atoms with Gasteiger partial charge in [0.2, 0.25) is 0 Å². The lowest BCUT2D eigenvalue weighted by molar-refractivity contribution is -0.127. The summed E-state index contributed by atoms with van der Waals surface area (Å²) in [6, 6.07) is 6.15. The van der Waals surface area contributed by atoms with Gasteiger partial charge in [0.1, 0.15) is 5.75 Å². The van der Waals surface area contributed by atoms with Gasteiger partial charge in [-0.3, -0.25) is 4.79 Å². The van der Waals surface area contributed by atoms with Gasteiger partial charge in [0.15, 0.2) is 6.10 Å². The molecule has 1 aromatic carbocycles. The molecule has 0 bridgehead atoms. The van der Waals surface area contributed by atoms with E-state index in [-0.39, 0.29) is 5.91 Å². The maximum atomic E-state index is 11.8. The second kappa shape index (κ2) is 7.17. The molecule has 3 nitrogen and oxygen atoms in total. The summed E-state index contributed by atoms with van der Waals surface area (Å²) in [5.41, 5.74) is 2.28. The summed E-state index contributed by atoms with van der Waals surface area (Å²) < 4.78 is 5.83. The smallest absolute Gasteiger partial charge is 0.260 e. The fourth-order valence-corrected chi connectivity index (χ4v) is 1.86. The molecule has 3 heteroatoms. The molecule has 0 aliphatic carbocycles. The second-order valence-corrected chi connectivity index (χ2v) is 5.25. The first-order valence-electron chi connectivity index (χ1n) is 7.00. The Morgan fingerprint density at radius 1 is 1.32 bits per heavy atom. The Morgan fingerprint density at radius 2 is 2.00 bits per heavy atom. The van der Waals surface area contributed by atoms with Gasteiger partial charge in [-0.05, 0) is 43.4 Å². The lowest BCUT2D eigenvalue weighted by Crippen LogP contribution is -2.36. The molecule has 1 rings (SSSR count). The lowest BCUT2D eigenvalue weighted by atomic mass is 10.0. The molecule has 1 atom stereocenters. The topological polar surface area (TPSA) is 38.3 Å². The third-order valence-corrected chi connectivity index (χ3v) is 3.01. The summed E-state index contributed by atoms with van der Waals surface area (Å²) in [5, 5.41) is 2.85. The van der Waals surface area contributed by atoms with Gasteiger partial charge >= 0.3 is 0 Å². The van der Waals surface area contributed by atoms with Gasteiger partial charge in [0, 0.05) is 6.54 Å². The number of rotatable bonds is 6. The highest BCUT2D eigenvalue weighted by Crippen LogP contribution is 2.28. The molecule has 1 amide bonds. The number of hydrogen-bond donors (Lipinski definition) is 1. The summed E-state index contributed by atoms with van der Waals surface area (Å²) in [6.45, 7) is 10.8. The first-order chi connectivity index (χ1) is 8.95. The standard InChI is InChI=1S/C16H25NO2/c1-6-9-17-16(18)13(5)19-15-10-12(4)7-8-14(15)11(2)3/h7-8,10-11,13H,6,9H2,1-5H3,(H,17,18)/t13-/m0/s1. The van der Waals surface area contributed by atoms with Gasteiger partial charge in [-0.15, -0.1) is 0 Å². The van der Waals surface area contributed by atoms with Gasteiger partial charge in [-0.2, -0.15) is 0 Å². The molecule has 19 heavy (non-hydrogen) atoms. The van der Waals surface area contributed by atoms with Crippen molar-refractivity contribution in [3.8, 4) is 5.75 Å². The van der Waals surface area contributed by atoms with E-state index in [4.69, 9.17) is 4.74 Å². The van der Waals surface area contributed by atoms with Crippen LogP contribution < -0.4 is 10.1 Å². The molecular formula is C16H25NO2. The molecule has 106 valence electrons. The van der Waals surface area contributed by atoms with Crippen molar-refractivity contribution < 1.29 is 9.53 Å². The molecule has 0 heterocycles.